The quantitative estimate of drug-likeness (QED) is 0.576. The van der Waals surface area contributed by atoms with Crippen LogP contribution < -0.4 is 19.7 Å². The van der Waals surface area contributed by atoms with E-state index in [-0.39, 0.29) is 11.9 Å². The molecule has 3 aromatic carbocycles. The number of nitrogens with zero attached hydrogens (tertiary/aromatic N) is 1. The maximum absolute atomic E-state index is 12.8. The van der Waals surface area contributed by atoms with Crippen molar-refractivity contribution in [2.45, 2.75) is 25.6 Å². The fraction of sp³-hybridized carbons (Fsp3) is 0.240. The van der Waals surface area contributed by atoms with Gasteiger partial charge in [-0.15, -0.1) is 0 Å². The lowest BCUT2D eigenvalue weighted by atomic mass is 10.1. The number of hydrogen-bond donors (Lipinski definition) is 1. The van der Waals surface area contributed by atoms with Gasteiger partial charge in [-0.05, 0) is 29.8 Å². The Morgan fingerprint density at radius 1 is 1.13 bits per heavy atom. The number of amides is 1. The van der Waals surface area contributed by atoms with Gasteiger partial charge in [0.15, 0.2) is 0 Å². The van der Waals surface area contributed by atoms with E-state index in [0.717, 1.165) is 28.3 Å². The summed E-state index contributed by atoms with van der Waals surface area (Å²) in [5.41, 5.74) is 3.01. The highest BCUT2D eigenvalue weighted by Crippen LogP contribution is 2.37. The van der Waals surface area contributed by atoms with Crippen molar-refractivity contribution in [3.63, 3.8) is 0 Å². The van der Waals surface area contributed by atoms with Crippen molar-refractivity contribution in [3.8, 4) is 11.5 Å². The van der Waals surface area contributed by atoms with E-state index < -0.39 is 0 Å². The highest BCUT2D eigenvalue weighted by molar-refractivity contribution is 6.31. The molecule has 0 aromatic heterocycles. The van der Waals surface area contributed by atoms with E-state index >= 15 is 0 Å². The van der Waals surface area contributed by atoms with Gasteiger partial charge < -0.3 is 19.7 Å². The van der Waals surface area contributed by atoms with Crippen LogP contribution in [0.2, 0.25) is 5.02 Å². The third-order valence-electron chi connectivity index (χ3n) is 5.39. The number of methoxy groups -OCH3 is 1. The van der Waals surface area contributed by atoms with Crippen LogP contribution in [-0.2, 0) is 17.9 Å². The lowest BCUT2D eigenvalue weighted by molar-refractivity contribution is -0.121. The fourth-order valence-electron chi connectivity index (χ4n) is 3.80. The van der Waals surface area contributed by atoms with Crippen molar-refractivity contribution >= 4 is 23.2 Å². The van der Waals surface area contributed by atoms with Gasteiger partial charge >= 0.3 is 0 Å². The molecule has 0 saturated carbocycles. The van der Waals surface area contributed by atoms with Crippen molar-refractivity contribution in [3.05, 3.63) is 88.9 Å². The number of nitrogens with one attached hydrogen (secondary N) is 1. The molecule has 0 fully saturated rings. The smallest absolute Gasteiger partial charge is 0.222 e. The van der Waals surface area contributed by atoms with Crippen LogP contribution in [0.4, 0.5) is 5.69 Å². The SMILES string of the molecule is COc1ccccc1CNC(=O)C[C@@H]1COc2ccc(Cl)cc2N1Cc1ccccc1. The normalized spacial score (nSPS) is 15.0. The summed E-state index contributed by atoms with van der Waals surface area (Å²) in [5, 5.41) is 3.65. The number of anilines is 1. The number of ether oxygens (including phenoxy) is 2. The molecule has 1 N–H and O–H groups in total. The van der Waals surface area contributed by atoms with Gasteiger partial charge in [0.05, 0.1) is 25.3 Å². The maximum Gasteiger partial charge on any atom is 0.222 e. The first-order chi connectivity index (χ1) is 15.1. The number of halogens is 1. The summed E-state index contributed by atoms with van der Waals surface area (Å²) in [6.07, 6.45) is 0.313. The Kier molecular flexibility index (Phi) is 6.63. The van der Waals surface area contributed by atoms with Gasteiger partial charge in [0.25, 0.3) is 0 Å². The maximum atomic E-state index is 12.8. The Bertz CT molecular complexity index is 1040. The highest BCUT2D eigenvalue weighted by atomic mass is 35.5. The summed E-state index contributed by atoms with van der Waals surface area (Å²) >= 11 is 6.27. The third kappa shape index (κ3) is 5.12. The molecule has 4 rings (SSSR count). The number of fused-ring (bicyclic) bond motifs is 1. The van der Waals surface area contributed by atoms with E-state index in [9.17, 15) is 4.79 Å². The van der Waals surface area contributed by atoms with E-state index in [1.807, 2.05) is 60.7 Å². The van der Waals surface area contributed by atoms with Crippen molar-refractivity contribution in [2.75, 3.05) is 18.6 Å². The minimum absolute atomic E-state index is 0.0388. The molecule has 160 valence electrons. The van der Waals surface area contributed by atoms with Gasteiger partial charge in [0.2, 0.25) is 5.91 Å². The zero-order valence-corrected chi connectivity index (χ0v) is 18.1. The first-order valence-corrected chi connectivity index (χ1v) is 10.6. The molecule has 31 heavy (non-hydrogen) atoms. The van der Waals surface area contributed by atoms with Crippen LogP contribution in [0.25, 0.3) is 0 Å². The average molecular weight is 437 g/mol. The Morgan fingerprint density at radius 2 is 1.90 bits per heavy atom. The summed E-state index contributed by atoms with van der Waals surface area (Å²) in [6, 6.07) is 23.4. The van der Waals surface area contributed by atoms with Gasteiger partial charge in [-0.25, -0.2) is 0 Å². The van der Waals surface area contributed by atoms with E-state index in [2.05, 4.69) is 22.3 Å². The monoisotopic (exact) mass is 436 g/mol. The van der Waals surface area contributed by atoms with Crippen LogP contribution >= 0.6 is 11.6 Å². The molecule has 1 heterocycles. The number of para-hydroxylation sites is 1. The zero-order valence-electron chi connectivity index (χ0n) is 17.4. The first-order valence-electron chi connectivity index (χ1n) is 10.3. The molecule has 1 aliphatic rings. The summed E-state index contributed by atoms with van der Waals surface area (Å²) in [6.45, 7) is 1.52. The van der Waals surface area contributed by atoms with Crippen LogP contribution in [0, 0.1) is 0 Å². The fourth-order valence-corrected chi connectivity index (χ4v) is 3.97. The first kappa shape index (κ1) is 21.1. The standard InChI is InChI=1S/C25H25ClN2O3/c1-30-23-10-6-5-9-19(23)15-27-25(29)14-21-17-31-24-12-11-20(26)13-22(24)28(21)16-18-7-3-2-4-8-18/h2-13,21H,14-17H2,1H3,(H,27,29)/t21-/m1/s1. The average Bonchev–Trinajstić information content (AvgIpc) is 2.80. The van der Waals surface area contributed by atoms with E-state index in [1.165, 1.54) is 0 Å². The minimum Gasteiger partial charge on any atom is -0.496 e. The van der Waals surface area contributed by atoms with Crippen LogP contribution in [0.3, 0.4) is 0 Å². The minimum atomic E-state index is -0.108. The van der Waals surface area contributed by atoms with Crippen molar-refractivity contribution < 1.29 is 14.3 Å². The number of rotatable bonds is 7. The van der Waals surface area contributed by atoms with Gasteiger partial charge in [-0.1, -0.05) is 60.1 Å². The summed E-state index contributed by atoms with van der Waals surface area (Å²) in [7, 11) is 1.63. The second kappa shape index (κ2) is 9.75. The Balaban J connectivity index is 1.49. The molecular weight excluding hydrogens is 412 g/mol. The van der Waals surface area contributed by atoms with E-state index in [0.29, 0.717) is 31.1 Å². The van der Waals surface area contributed by atoms with Crippen LogP contribution in [-0.4, -0.2) is 25.7 Å². The molecule has 0 aliphatic carbocycles. The van der Waals surface area contributed by atoms with Gasteiger partial charge in [0, 0.05) is 23.7 Å². The van der Waals surface area contributed by atoms with Crippen LogP contribution in [0.5, 0.6) is 11.5 Å². The molecule has 0 radical (unpaired) electrons. The van der Waals surface area contributed by atoms with E-state index in [1.54, 1.807) is 7.11 Å². The number of carbonyl (C=O) groups is 1. The van der Waals surface area contributed by atoms with Crippen molar-refractivity contribution in [2.24, 2.45) is 0 Å². The lowest BCUT2D eigenvalue weighted by Gasteiger charge is -2.38. The second-order valence-electron chi connectivity index (χ2n) is 7.48. The Hall–Kier alpha value is -3.18. The molecule has 1 amide bonds. The van der Waals surface area contributed by atoms with Gasteiger partial charge in [-0.2, -0.15) is 0 Å². The molecular formula is C25H25ClN2O3. The zero-order chi connectivity index (χ0) is 21.6. The molecule has 0 saturated heterocycles. The van der Waals surface area contributed by atoms with Gasteiger partial charge in [-0.3, -0.25) is 4.79 Å². The third-order valence-corrected chi connectivity index (χ3v) is 5.62. The predicted molar refractivity (Wildman–Crippen MR) is 123 cm³/mol. The summed E-state index contributed by atoms with van der Waals surface area (Å²) in [4.78, 5) is 15.0. The number of benzene rings is 3. The molecule has 5 nitrogen and oxygen atoms in total. The predicted octanol–water partition coefficient (Wildman–Crippen LogP) is 4.82. The molecule has 1 aliphatic heterocycles. The molecule has 0 spiro atoms. The molecule has 0 unspecified atom stereocenters. The second-order valence-corrected chi connectivity index (χ2v) is 7.92. The van der Waals surface area contributed by atoms with Crippen molar-refractivity contribution in [1.82, 2.24) is 5.32 Å². The molecule has 3 aromatic rings. The van der Waals surface area contributed by atoms with Crippen LogP contribution in [0.1, 0.15) is 17.5 Å². The highest BCUT2D eigenvalue weighted by Gasteiger charge is 2.29. The Labute approximate surface area is 187 Å². The number of hydrogen-bond acceptors (Lipinski definition) is 4. The Morgan fingerprint density at radius 3 is 2.71 bits per heavy atom. The largest absolute Gasteiger partial charge is 0.496 e. The lowest BCUT2D eigenvalue weighted by Crippen LogP contribution is -2.45. The molecule has 1 atom stereocenters. The topological polar surface area (TPSA) is 50.8 Å². The molecule has 6 heteroatoms. The molecule has 0 bridgehead atoms. The van der Waals surface area contributed by atoms with Crippen molar-refractivity contribution in [1.29, 1.82) is 0 Å². The number of carbonyl (C=O) groups excluding carboxylic acids is 1. The summed E-state index contributed by atoms with van der Waals surface area (Å²) < 4.78 is 11.3. The van der Waals surface area contributed by atoms with E-state index in [4.69, 9.17) is 21.1 Å². The van der Waals surface area contributed by atoms with Gasteiger partial charge in [0.1, 0.15) is 18.1 Å². The summed E-state index contributed by atoms with van der Waals surface area (Å²) in [5.74, 6) is 1.51. The van der Waals surface area contributed by atoms with Crippen LogP contribution in [0.15, 0.2) is 72.8 Å².